The van der Waals surface area contributed by atoms with Crippen LogP contribution in [0.4, 0.5) is 5.82 Å². The van der Waals surface area contributed by atoms with Gasteiger partial charge < -0.3 is 19.9 Å². The Morgan fingerprint density at radius 3 is 2.41 bits per heavy atom. The number of aromatic nitrogens is 4. The first-order valence-corrected chi connectivity index (χ1v) is 12.0. The summed E-state index contributed by atoms with van der Waals surface area (Å²) in [5, 5.41) is 14.3. The molecule has 0 saturated carbocycles. The zero-order valence-corrected chi connectivity index (χ0v) is 20.5. The van der Waals surface area contributed by atoms with Crippen LogP contribution in [0.25, 0.3) is 11.2 Å². The van der Waals surface area contributed by atoms with Gasteiger partial charge in [0, 0.05) is 12.7 Å². The number of anilines is 1. The van der Waals surface area contributed by atoms with Crippen LogP contribution in [0.1, 0.15) is 37.3 Å². The molecular formula is C26H22N6O7. The van der Waals surface area contributed by atoms with E-state index >= 15 is 0 Å². The third kappa shape index (κ3) is 4.23. The monoisotopic (exact) mass is 530 g/mol. The molecule has 1 saturated heterocycles. The van der Waals surface area contributed by atoms with Gasteiger partial charge in [0.2, 0.25) is 0 Å². The molecule has 2 aliphatic rings. The van der Waals surface area contributed by atoms with Crippen molar-refractivity contribution in [3.05, 3.63) is 83.9 Å². The third-order valence-corrected chi connectivity index (χ3v) is 6.61. The Bertz CT molecular complexity index is 1540. The fraction of sp³-hybridized carbons (Fsp3) is 0.231. The smallest absolute Gasteiger partial charge is 0.285 e. The van der Waals surface area contributed by atoms with Crippen molar-refractivity contribution in [1.82, 2.24) is 24.6 Å². The second kappa shape index (κ2) is 9.96. The summed E-state index contributed by atoms with van der Waals surface area (Å²) in [5.74, 6) is -1.35. The number of carbonyl (C=O) groups excluding carboxylic acids is 3. The Morgan fingerprint density at radius 2 is 1.72 bits per heavy atom. The highest BCUT2D eigenvalue weighted by Gasteiger charge is 2.47. The summed E-state index contributed by atoms with van der Waals surface area (Å²) in [7, 11) is 1.41. The van der Waals surface area contributed by atoms with Crippen molar-refractivity contribution in [3.63, 3.8) is 0 Å². The number of nitrogens with zero attached hydrogens (tertiary/aromatic N) is 5. The number of nitrogens with one attached hydrogen (secondary N) is 1. The summed E-state index contributed by atoms with van der Waals surface area (Å²) < 4.78 is 13.1. The molecule has 1 fully saturated rings. The lowest BCUT2D eigenvalue weighted by molar-refractivity contribution is -0.140. The number of hydrogen-bond acceptors (Lipinski definition) is 10. The molecule has 2 aromatic heterocycles. The summed E-state index contributed by atoms with van der Waals surface area (Å²) in [6, 6.07) is 15.1. The zero-order valence-electron chi connectivity index (χ0n) is 20.5. The summed E-state index contributed by atoms with van der Waals surface area (Å²) in [4.78, 5) is 56.2. The van der Waals surface area contributed by atoms with Gasteiger partial charge in [0.25, 0.3) is 17.7 Å². The van der Waals surface area contributed by atoms with Crippen LogP contribution in [0, 0.1) is 0 Å². The van der Waals surface area contributed by atoms with Gasteiger partial charge in [-0.3, -0.25) is 23.8 Å². The zero-order chi connectivity index (χ0) is 27.1. The minimum absolute atomic E-state index is 0.200. The van der Waals surface area contributed by atoms with Crippen molar-refractivity contribution in [2.75, 3.05) is 19.0 Å². The van der Waals surface area contributed by atoms with Crippen LogP contribution in [0.2, 0.25) is 0 Å². The first-order chi connectivity index (χ1) is 19.0. The molecule has 13 heteroatoms. The minimum atomic E-state index is -1.17. The molecule has 2 N–H and O–H groups in total. The Morgan fingerprint density at radius 1 is 1.03 bits per heavy atom. The van der Waals surface area contributed by atoms with E-state index in [1.807, 2.05) is 6.07 Å². The van der Waals surface area contributed by atoms with E-state index in [2.05, 4.69) is 20.3 Å². The van der Waals surface area contributed by atoms with Crippen molar-refractivity contribution in [1.29, 1.82) is 0 Å². The van der Waals surface area contributed by atoms with E-state index in [0.29, 0.717) is 21.8 Å². The van der Waals surface area contributed by atoms with Gasteiger partial charge in [-0.15, -0.1) is 5.06 Å². The number of carbonyl (C=O) groups is 3. The van der Waals surface area contributed by atoms with E-state index in [0.717, 1.165) is 0 Å². The molecule has 13 nitrogen and oxygen atoms in total. The molecule has 0 bridgehead atoms. The summed E-state index contributed by atoms with van der Waals surface area (Å²) in [5.41, 5.74) is 1.56. The molecular weight excluding hydrogens is 508 g/mol. The molecule has 2 aromatic carbocycles. The van der Waals surface area contributed by atoms with E-state index in [1.54, 1.807) is 53.1 Å². The number of ether oxygens (including phenoxy) is 2. The number of imidazole rings is 1. The standard InChI is InChI=1S/C26H22N6O7/c1-37-20-19(33)17(11-38-32-24(35)15-9-5-6-10-16(15)25(32)36)39-26(20)31-13-29-18-21(27-12-28-22(18)31)30-23(34)14-7-3-2-4-8-14/h2-10,12-13,17,19-20,26,33H,11H2,1H3,(H,27,28,30,34)/t17-,19-,20-,26-/m1/s1. The van der Waals surface area contributed by atoms with E-state index in [-0.39, 0.29) is 29.5 Å². The van der Waals surface area contributed by atoms with Crippen LogP contribution in [0.3, 0.4) is 0 Å². The lowest BCUT2D eigenvalue weighted by Gasteiger charge is -2.20. The van der Waals surface area contributed by atoms with Gasteiger partial charge in [-0.1, -0.05) is 30.3 Å². The highest BCUT2D eigenvalue weighted by atomic mass is 16.7. The van der Waals surface area contributed by atoms with Crippen molar-refractivity contribution in [2.24, 2.45) is 0 Å². The Balaban J connectivity index is 1.20. The maximum atomic E-state index is 12.7. The predicted octanol–water partition coefficient (Wildman–Crippen LogP) is 1.58. The normalized spacial score (nSPS) is 22.5. The maximum Gasteiger partial charge on any atom is 0.285 e. The van der Waals surface area contributed by atoms with Gasteiger partial charge in [-0.25, -0.2) is 15.0 Å². The second-order valence-corrected chi connectivity index (χ2v) is 8.87. The first-order valence-electron chi connectivity index (χ1n) is 12.0. The molecule has 3 amide bonds. The topological polar surface area (TPSA) is 158 Å². The molecule has 6 rings (SSSR count). The Hall–Kier alpha value is -4.56. The van der Waals surface area contributed by atoms with Gasteiger partial charge in [0.1, 0.15) is 31.2 Å². The Kier molecular flexibility index (Phi) is 6.32. The van der Waals surface area contributed by atoms with E-state index < -0.39 is 36.4 Å². The largest absolute Gasteiger partial charge is 0.387 e. The fourth-order valence-corrected chi connectivity index (χ4v) is 4.67. The number of aliphatic hydroxyl groups excluding tert-OH is 1. The van der Waals surface area contributed by atoms with E-state index in [9.17, 15) is 19.5 Å². The van der Waals surface area contributed by atoms with Crippen LogP contribution in [-0.2, 0) is 14.3 Å². The van der Waals surface area contributed by atoms with Crippen LogP contribution in [0.5, 0.6) is 0 Å². The van der Waals surface area contributed by atoms with Crippen LogP contribution < -0.4 is 5.32 Å². The predicted molar refractivity (Wildman–Crippen MR) is 133 cm³/mol. The molecule has 0 aliphatic carbocycles. The summed E-state index contributed by atoms with van der Waals surface area (Å²) in [6.45, 7) is -0.303. The molecule has 4 heterocycles. The van der Waals surface area contributed by atoms with Gasteiger partial charge in [0.15, 0.2) is 23.2 Å². The number of hydrogen-bond donors (Lipinski definition) is 2. The molecule has 0 spiro atoms. The van der Waals surface area contributed by atoms with Crippen molar-refractivity contribution < 1.29 is 33.8 Å². The lowest BCUT2D eigenvalue weighted by Crippen LogP contribution is -2.38. The number of imide groups is 1. The quantitative estimate of drug-likeness (QED) is 0.336. The second-order valence-electron chi connectivity index (χ2n) is 8.87. The lowest BCUT2D eigenvalue weighted by atomic mass is 10.1. The molecule has 4 atom stereocenters. The Labute approximate surface area is 220 Å². The highest BCUT2D eigenvalue weighted by molar-refractivity contribution is 6.20. The average Bonchev–Trinajstić information content (AvgIpc) is 3.61. The van der Waals surface area contributed by atoms with Crippen LogP contribution in [-0.4, -0.2) is 79.4 Å². The third-order valence-electron chi connectivity index (χ3n) is 6.61. The molecule has 198 valence electrons. The average molecular weight is 530 g/mol. The van der Waals surface area contributed by atoms with Crippen molar-refractivity contribution >= 4 is 34.7 Å². The van der Waals surface area contributed by atoms with Crippen LogP contribution >= 0.6 is 0 Å². The van der Waals surface area contributed by atoms with Crippen molar-refractivity contribution in [3.8, 4) is 0 Å². The maximum absolute atomic E-state index is 12.7. The summed E-state index contributed by atoms with van der Waals surface area (Å²) >= 11 is 0. The van der Waals surface area contributed by atoms with E-state index in [1.165, 1.54) is 19.8 Å². The molecule has 0 unspecified atom stereocenters. The number of benzene rings is 2. The van der Waals surface area contributed by atoms with Gasteiger partial charge in [-0.2, -0.15) is 0 Å². The number of hydroxylamine groups is 2. The number of amides is 3. The van der Waals surface area contributed by atoms with Gasteiger partial charge >= 0.3 is 0 Å². The van der Waals surface area contributed by atoms with Crippen molar-refractivity contribution in [2.45, 2.75) is 24.5 Å². The van der Waals surface area contributed by atoms with Gasteiger partial charge in [-0.05, 0) is 24.3 Å². The van der Waals surface area contributed by atoms with E-state index in [4.69, 9.17) is 14.3 Å². The fourth-order valence-electron chi connectivity index (χ4n) is 4.67. The first kappa shape index (κ1) is 24.8. The number of aliphatic hydroxyl groups is 1. The molecule has 39 heavy (non-hydrogen) atoms. The molecule has 0 radical (unpaired) electrons. The SMILES string of the molecule is CO[C@@H]1[C@H](O)[C@@H](CON2C(=O)c3ccccc3C2=O)O[C@H]1n1cnc2c(NC(=O)c3ccccc3)ncnc21. The highest BCUT2D eigenvalue weighted by Crippen LogP contribution is 2.34. The number of rotatable bonds is 7. The number of methoxy groups -OCH3 is 1. The number of fused-ring (bicyclic) bond motifs is 2. The molecule has 4 aromatic rings. The summed E-state index contributed by atoms with van der Waals surface area (Å²) in [6.07, 6.45) is -1.17. The molecule has 2 aliphatic heterocycles. The van der Waals surface area contributed by atoms with Crippen LogP contribution in [0.15, 0.2) is 67.3 Å². The minimum Gasteiger partial charge on any atom is -0.387 e. The van der Waals surface area contributed by atoms with Gasteiger partial charge in [0.05, 0.1) is 17.5 Å².